The number of carbonyl (C=O) groups is 1. The Morgan fingerprint density at radius 3 is 2.97 bits per heavy atom. The Bertz CT molecular complexity index is 1120. The van der Waals surface area contributed by atoms with Crippen LogP contribution in [-0.2, 0) is 23.1 Å². The molecule has 1 aromatic carbocycles. The van der Waals surface area contributed by atoms with Crippen molar-refractivity contribution in [1.29, 1.82) is 0 Å². The van der Waals surface area contributed by atoms with Gasteiger partial charge in [0.25, 0.3) is 0 Å². The number of ether oxygens (including phenoxy) is 2. The topological polar surface area (TPSA) is 68.7 Å². The molecule has 3 heterocycles. The fraction of sp³-hybridized carbons (Fsp3) is 0.462. The summed E-state index contributed by atoms with van der Waals surface area (Å²) in [5.74, 6) is 1.05. The zero-order valence-corrected chi connectivity index (χ0v) is 18.5. The summed E-state index contributed by atoms with van der Waals surface area (Å²) in [7, 11) is 2.36. The Labute approximate surface area is 188 Å². The average Bonchev–Trinajstić information content (AvgIpc) is 3.15. The fourth-order valence-electron chi connectivity index (χ4n) is 6.77. The number of hydrogen-bond acceptors (Lipinski definition) is 5. The van der Waals surface area contributed by atoms with Crippen molar-refractivity contribution in [2.45, 2.75) is 49.9 Å². The molecule has 1 saturated heterocycles. The Kier molecular flexibility index (Phi) is 4.30. The summed E-state index contributed by atoms with van der Waals surface area (Å²) in [6.07, 6.45) is 6.84. The Balaban J connectivity index is 1.41. The molecule has 1 unspecified atom stereocenters. The van der Waals surface area contributed by atoms with Crippen LogP contribution in [-0.4, -0.2) is 58.9 Å². The van der Waals surface area contributed by atoms with E-state index in [0.717, 1.165) is 36.0 Å². The molecule has 0 radical (unpaired) electrons. The monoisotopic (exact) mass is 433 g/mol. The standard InChI is InChI=1S/C26H29N2O4/c1-3-28(2)13-11-26-18-8-9-20(29)25(26)32-24-21(10-7-16(23(24)26)14-19(18)28)31-22(30)15-17-6-4-5-12-27-17/h4-10,12,18-20,25,29H,3,11,13-15H2,1-2H3/q+1/t18-,19+,20-,25-,26-,28?/m0/s1. The molecule has 1 spiro atoms. The first-order valence-corrected chi connectivity index (χ1v) is 11.6. The van der Waals surface area contributed by atoms with E-state index in [9.17, 15) is 9.90 Å². The number of piperidine rings is 1. The molecule has 2 bridgehead atoms. The molecule has 4 aliphatic rings. The van der Waals surface area contributed by atoms with Crippen LogP contribution in [0.1, 0.15) is 30.2 Å². The minimum atomic E-state index is -0.666. The number of carbonyl (C=O) groups excluding carboxylic acids is 1. The zero-order valence-electron chi connectivity index (χ0n) is 18.5. The van der Waals surface area contributed by atoms with Gasteiger partial charge in [-0.2, -0.15) is 0 Å². The van der Waals surface area contributed by atoms with Crippen molar-refractivity contribution in [3.63, 3.8) is 0 Å². The quantitative estimate of drug-likeness (QED) is 0.347. The zero-order chi connectivity index (χ0) is 22.1. The van der Waals surface area contributed by atoms with Gasteiger partial charge in [-0.1, -0.05) is 24.3 Å². The Morgan fingerprint density at radius 2 is 2.19 bits per heavy atom. The number of likely N-dealkylation sites (N-methyl/N-ethyl adjacent to an activating group) is 1. The van der Waals surface area contributed by atoms with E-state index >= 15 is 0 Å². The predicted octanol–water partition coefficient (Wildman–Crippen LogP) is 2.57. The third-order valence-electron chi connectivity index (χ3n) is 8.52. The lowest BCUT2D eigenvalue weighted by atomic mass is 9.52. The van der Waals surface area contributed by atoms with Crippen LogP contribution in [0.15, 0.2) is 48.7 Å². The van der Waals surface area contributed by atoms with Crippen LogP contribution in [0.3, 0.4) is 0 Å². The van der Waals surface area contributed by atoms with E-state index < -0.39 is 6.10 Å². The van der Waals surface area contributed by atoms with Crippen LogP contribution in [0.4, 0.5) is 0 Å². The van der Waals surface area contributed by atoms with Gasteiger partial charge in [-0.3, -0.25) is 9.78 Å². The first kappa shape index (κ1) is 19.9. The molecule has 6 atom stereocenters. The lowest BCUT2D eigenvalue weighted by Crippen LogP contribution is -2.71. The molecule has 0 saturated carbocycles. The number of aromatic nitrogens is 1. The largest absolute Gasteiger partial charge is 0.482 e. The molecule has 6 heteroatoms. The van der Waals surface area contributed by atoms with Crippen LogP contribution in [0, 0.1) is 5.92 Å². The van der Waals surface area contributed by atoms with Gasteiger partial charge in [-0.25, -0.2) is 0 Å². The molecule has 2 aliphatic heterocycles. The molecule has 32 heavy (non-hydrogen) atoms. The molecule has 0 amide bonds. The SMILES string of the molecule is CC[N+]1(C)CC[C@]23c4c5ccc(OC(=O)Cc6ccccn6)c4O[C@H]2[C@@H](O)C=C[C@H]3[C@H]1C5. The summed E-state index contributed by atoms with van der Waals surface area (Å²) in [6, 6.07) is 9.93. The lowest BCUT2D eigenvalue weighted by molar-refractivity contribution is -0.942. The highest BCUT2D eigenvalue weighted by Crippen LogP contribution is 2.63. The first-order valence-electron chi connectivity index (χ1n) is 11.6. The number of quaternary nitrogens is 1. The second kappa shape index (κ2) is 6.90. The van der Waals surface area contributed by atoms with Gasteiger partial charge in [0.2, 0.25) is 0 Å². The summed E-state index contributed by atoms with van der Waals surface area (Å²) in [5.41, 5.74) is 2.86. The molecule has 1 aromatic heterocycles. The number of pyridine rings is 1. The van der Waals surface area contributed by atoms with Gasteiger partial charge in [0.05, 0.1) is 37.7 Å². The van der Waals surface area contributed by atoms with Crippen LogP contribution < -0.4 is 9.47 Å². The molecule has 1 fully saturated rings. The second-order valence-corrected chi connectivity index (χ2v) is 9.92. The van der Waals surface area contributed by atoms with Crippen molar-refractivity contribution in [2.24, 2.45) is 5.92 Å². The van der Waals surface area contributed by atoms with Gasteiger partial charge in [-0.15, -0.1) is 0 Å². The van der Waals surface area contributed by atoms with Crippen LogP contribution >= 0.6 is 0 Å². The van der Waals surface area contributed by atoms with Crippen molar-refractivity contribution < 1.29 is 23.9 Å². The minimum absolute atomic E-state index is 0.104. The van der Waals surface area contributed by atoms with Gasteiger partial charge in [-0.05, 0) is 30.7 Å². The molecule has 2 aliphatic carbocycles. The average molecular weight is 434 g/mol. The van der Waals surface area contributed by atoms with Gasteiger partial charge < -0.3 is 19.1 Å². The normalized spacial score (nSPS) is 35.7. The van der Waals surface area contributed by atoms with E-state index in [4.69, 9.17) is 9.47 Å². The molecular weight excluding hydrogens is 404 g/mol. The minimum Gasteiger partial charge on any atom is -0.482 e. The molecule has 6 nitrogen and oxygen atoms in total. The Morgan fingerprint density at radius 1 is 1.31 bits per heavy atom. The number of nitrogens with zero attached hydrogens (tertiary/aromatic N) is 2. The third-order valence-corrected chi connectivity index (χ3v) is 8.52. The molecular formula is C26H29N2O4+. The highest BCUT2D eigenvalue weighted by molar-refractivity contribution is 5.76. The predicted molar refractivity (Wildman–Crippen MR) is 118 cm³/mol. The van der Waals surface area contributed by atoms with E-state index in [1.807, 2.05) is 30.3 Å². The molecule has 6 rings (SSSR count). The van der Waals surface area contributed by atoms with Crippen molar-refractivity contribution >= 4 is 5.97 Å². The number of aliphatic hydroxyl groups excluding tert-OH is 1. The maximum absolute atomic E-state index is 12.7. The summed E-state index contributed by atoms with van der Waals surface area (Å²) in [4.78, 5) is 16.9. The van der Waals surface area contributed by atoms with E-state index in [-0.39, 0.29) is 23.9 Å². The van der Waals surface area contributed by atoms with E-state index in [2.05, 4.69) is 31.1 Å². The summed E-state index contributed by atoms with van der Waals surface area (Å²) in [6.45, 7) is 4.42. The molecule has 166 valence electrons. The van der Waals surface area contributed by atoms with Gasteiger partial charge in [0, 0.05) is 30.5 Å². The maximum atomic E-state index is 12.7. The summed E-state index contributed by atoms with van der Waals surface area (Å²) < 4.78 is 13.3. The summed E-state index contributed by atoms with van der Waals surface area (Å²) in [5, 5.41) is 10.9. The van der Waals surface area contributed by atoms with Crippen molar-refractivity contribution in [2.75, 3.05) is 20.1 Å². The highest BCUT2D eigenvalue weighted by Gasteiger charge is 2.67. The van der Waals surface area contributed by atoms with Gasteiger partial charge >= 0.3 is 5.97 Å². The number of likely N-dealkylation sites (tertiary alicyclic amines) is 1. The number of rotatable bonds is 4. The maximum Gasteiger partial charge on any atom is 0.317 e. The van der Waals surface area contributed by atoms with Crippen LogP contribution in [0.5, 0.6) is 11.5 Å². The van der Waals surface area contributed by atoms with Crippen LogP contribution in [0.25, 0.3) is 0 Å². The molecule has 2 aromatic rings. The van der Waals surface area contributed by atoms with Crippen molar-refractivity contribution in [3.8, 4) is 11.5 Å². The van der Waals surface area contributed by atoms with E-state index in [1.165, 1.54) is 5.56 Å². The summed E-state index contributed by atoms with van der Waals surface area (Å²) >= 11 is 0. The fourth-order valence-corrected chi connectivity index (χ4v) is 6.77. The molecule has 1 N–H and O–H groups in total. The number of esters is 1. The van der Waals surface area contributed by atoms with Crippen molar-refractivity contribution in [3.05, 3.63) is 65.5 Å². The third kappa shape index (κ3) is 2.60. The first-order chi connectivity index (χ1) is 15.5. The highest BCUT2D eigenvalue weighted by atomic mass is 16.6. The smallest absolute Gasteiger partial charge is 0.317 e. The number of aliphatic hydroxyl groups is 1. The Hall–Kier alpha value is -2.70. The lowest BCUT2D eigenvalue weighted by Gasteiger charge is -2.59. The van der Waals surface area contributed by atoms with Crippen molar-refractivity contribution in [1.82, 2.24) is 4.98 Å². The number of benzene rings is 1. The van der Waals surface area contributed by atoms with Gasteiger partial charge in [0.15, 0.2) is 11.5 Å². The van der Waals surface area contributed by atoms with E-state index in [0.29, 0.717) is 29.2 Å². The van der Waals surface area contributed by atoms with E-state index in [1.54, 1.807) is 6.20 Å². The second-order valence-electron chi connectivity index (χ2n) is 9.92. The number of hydrogen-bond donors (Lipinski definition) is 1. The van der Waals surface area contributed by atoms with Crippen LogP contribution in [0.2, 0.25) is 0 Å². The van der Waals surface area contributed by atoms with Gasteiger partial charge in [0.1, 0.15) is 18.2 Å².